The molecule has 140 valence electrons. The summed E-state index contributed by atoms with van der Waals surface area (Å²) in [7, 11) is 1.56. The molecule has 0 aliphatic heterocycles. The predicted molar refractivity (Wildman–Crippen MR) is 108 cm³/mol. The maximum atomic E-state index is 12.8. The first-order valence-corrected chi connectivity index (χ1v) is 9.22. The molecular formula is C22H25N3O2. The Morgan fingerprint density at radius 3 is 2.30 bits per heavy atom. The summed E-state index contributed by atoms with van der Waals surface area (Å²) < 4.78 is 1.21. The SMILES string of the molecule is CC(C)Cc1ccc(C(C)NC(=O)c2nn(C)c(=O)c3ccccc23)cc1. The van der Waals surface area contributed by atoms with Gasteiger partial charge in [-0.15, -0.1) is 0 Å². The Bertz CT molecular complexity index is 1020. The summed E-state index contributed by atoms with van der Waals surface area (Å²) in [6, 6.07) is 15.2. The fraction of sp³-hybridized carbons (Fsp3) is 0.318. The van der Waals surface area contributed by atoms with Gasteiger partial charge in [-0.25, -0.2) is 4.68 Å². The summed E-state index contributed by atoms with van der Waals surface area (Å²) in [5, 5.41) is 8.24. The van der Waals surface area contributed by atoms with Crippen LogP contribution in [0.2, 0.25) is 0 Å². The van der Waals surface area contributed by atoms with Gasteiger partial charge in [0.25, 0.3) is 11.5 Å². The van der Waals surface area contributed by atoms with Crippen LogP contribution in [0.15, 0.2) is 53.3 Å². The number of amides is 1. The van der Waals surface area contributed by atoms with Gasteiger partial charge >= 0.3 is 0 Å². The summed E-state index contributed by atoms with van der Waals surface area (Å²) in [4.78, 5) is 25.1. The third-order valence-corrected chi connectivity index (χ3v) is 4.64. The smallest absolute Gasteiger partial charge is 0.274 e. The van der Waals surface area contributed by atoms with Gasteiger partial charge in [0.2, 0.25) is 0 Å². The zero-order chi connectivity index (χ0) is 19.6. The van der Waals surface area contributed by atoms with E-state index in [0.717, 1.165) is 12.0 Å². The third-order valence-electron chi connectivity index (χ3n) is 4.64. The van der Waals surface area contributed by atoms with Gasteiger partial charge in [0.1, 0.15) is 0 Å². The normalized spacial score (nSPS) is 12.3. The number of nitrogens with one attached hydrogen (secondary N) is 1. The molecule has 0 saturated carbocycles. The van der Waals surface area contributed by atoms with Crippen molar-refractivity contribution in [1.82, 2.24) is 15.1 Å². The van der Waals surface area contributed by atoms with Crippen LogP contribution in [-0.4, -0.2) is 15.7 Å². The van der Waals surface area contributed by atoms with E-state index in [2.05, 4.69) is 48.5 Å². The van der Waals surface area contributed by atoms with Crippen molar-refractivity contribution in [1.29, 1.82) is 0 Å². The zero-order valence-corrected chi connectivity index (χ0v) is 16.2. The highest BCUT2D eigenvalue weighted by molar-refractivity contribution is 6.04. The molecule has 1 amide bonds. The van der Waals surface area contributed by atoms with E-state index in [0.29, 0.717) is 16.7 Å². The van der Waals surface area contributed by atoms with E-state index in [9.17, 15) is 9.59 Å². The Morgan fingerprint density at radius 2 is 1.67 bits per heavy atom. The topological polar surface area (TPSA) is 64.0 Å². The Labute approximate surface area is 159 Å². The molecule has 1 unspecified atom stereocenters. The predicted octanol–water partition coefficient (Wildman–Crippen LogP) is 3.62. The van der Waals surface area contributed by atoms with Crippen LogP contribution in [-0.2, 0) is 13.5 Å². The Hall–Kier alpha value is -2.95. The first-order valence-electron chi connectivity index (χ1n) is 9.22. The largest absolute Gasteiger partial charge is 0.344 e. The molecule has 2 aromatic carbocycles. The molecule has 1 N–H and O–H groups in total. The number of carbonyl (C=O) groups excluding carboxylic acids is 1. The number of hydrogen-bond acceptors (Lipinski definition) is 3. The average Bonchev–Trinajstić information content (AvgIpc) is 2.64. The van der Waals surface area contributed by atoms with Crippen LogP contribution >= 0.6 is 0 Å². The minimum Gasteiger partial charge on any atom is -0.344 e. The van der Waals surface area contributed by atoms with Crippen molar-refractivity contribution in [2.45, 2.75) is 33.2 Å². The number of aromatic nitrogens is 2. The maximum absolute atomic E-state index is 12.8. The summed E-state index contributed by atoms with van der Waals surface area (Å²) in [5.41, 5.74) is 2.37. The van der Waals surface area contributed by atoms with E-state index < -0.39 is 0 Å². The Morgan fingerprint density at radius 1 is 1.04 bits per heavy atom. The number of nitrogens with zero attached hydrogens (tertiary/aromatic N) is 2. The van der Waals surface area contributed by atoms with Gasteiger partial charge in [-0.2, -0.15) is 5.10 Å². The molecular weight excluding hydrogens is 338 g/mol. The maximum Gasteiger partial charge on any atom is 0.274 e. The van der Waals surface area contributed by atoms with Crippen LogP contribution in [0.1, 0.15) is 48.4 Å². The molecule has 0 spiro atoms. The third kappa shape index (κ3) is 4.08. The van der Waals surface area contributed by atoms with Crippen molar-refractivity contribution in [2.75, 3.05) is 0 Å². The lowest BCUT2D eigenvalue weighted by atomic mass is 10.00. The number of carbonyl (C=O) groups is 1. The minimum atomic E-state index is -0.291. The lowest BCUT2D eigenvalue weighted by Gasteiger charge is -2.16. The van der Waals surface area contributed by atoms with E-state index in [-0.39, 0.29) is 23.2 Å². The van der Waals surface area contributed by atoms with Gasteiger partial charge < -0.3 is 5.32 Å². The fourth-order valence-corrected chi connectivity index (χ4v) is 3.23. The molecule has 0 radical (unpaired) electrons. The highest BCUT2D eigenvalue weighted by atomic mass is 16.2. The zero-order valence-electron chi connectivity index (χ0n) is 16.2. The number of aryl methyl sites for hydroxylation is 1. The molecule has 5 heteroatoms. The highest BCUT2D eigenvalue weighted by Gasteiger charge is 2.18. The van der Waals surface area contributed by atoms with Gasteiger partial charge in [0.15, 0.2) is 5.69 Å². The molecule has 5 nitrogen and oxygen atoms in total. The average molecular weight is 363 g/mol. The molecule has 27 heavy (non-hydrogen) atoms. The molecule has 0 saturated heterocycles. The Balaban J connectivity index is 1.84. The van der Waals surface area contributed by atoms with E-state index in [1.165, 1.54) is 10.2 Å². The highest BCUT2D eigenvalue weighted by Crippen LogP contribution is 2.18. The molecule has 1 heterocycles. The summed E-state index contributed by atoms with van der Waals surface area (Å²) in [5.74, 6) is 0.317. The second-order valence-corrected chi connectivity index (χ2v) is 7.36. The van der Waals surface area contributed by atoms with Crippen molar-refractivity contribution in [3.05, 3.63) is 75.7 Å². The van der Waals surface area contributed by atoms with Gasteiger partial charge in [-0.3, -0.25) is 9.59 Å². The second kappa shape index (κ2) is 7.74. The quantitative estimate of drug-likeness (QED) is 0.753. The van der Waals surface area contributed by atoms with Crippen LogP contribution in [0.4, 0.5) is 0 Å². The summed E-state index contributed by atoms with van der Waals surface area (Å²) >= 11 is 0. The molecule has 0 aliphatic carbocycles. The Kier molecular flexibility index (Phi) is 5.40. The number of fused-ring (bicyclic) bond motifs is 1. The molecule has 1 atom stereocenters. The standard InChI is InChI=1S/C22H25N3O2/c1-14(2)13-16-9-11-17(12-10-16)15(3)23-21(26)20-18-7-5-6-8-19(18)22(27)25(4)24-20/h5-12,14-15H,13H2,1-4H3,(H,23,26). The van der Waals surface area contributed by atoms with Gasteiger partial charge in [0.05, 0.1) is 11.4 Å². The van der Waals surface area contributed by atoms with Crippen LogP contribution in [0, 0.1) is 5.92 Å². The van der Waals surface area contributed by atoms with Crippen molar-refractivity contribution >= 4 is 16.7 Å². The van der Waals surface area contributed by atoms with E-state index in [4.69, 9.17) is 0 Å². The number of hydrogen-bond donors (Lipinski definition) is 1. The minimum absolute atomic E-state index is 0.164. The van der Waals surface area contributed by atoms with Crippen LogP contribution < -0.4 is 10.9 Å². The summed E-state index contributed by atoms with van der Waals surface area (Å²) in [6.07, 6.45) is 1.04. The van der Waals surface area contributed by atoms with Crippen LogP contribution in [0.25, 0.3) is 10.8 Å². The molecule has 3 aromatic rings. The first kappa shape index (κ1) is 18.8. The lowest BCUT2D eigenvalue weighted by Crippen LogP contribution is -2.31. The lowest BCUT2D eigenvalue weighted by molar-refractivity contribution is 0.0934. The van der Waals surface area contributed by atoms with Gasteiger partial charge in [0, 0.05) is 12.4 Å². The molecule has 0 fully saturated rings. The van der Waals surface area contributed by atoms with Crippen molar-refractivity contribution in [3.8, 4) is 0 Å². The van der Waals surface area contributed by atoms with Crippen molar-refractivity contribution in [3.63, 3.8) is 0 Å². The summed E-state index contributed by atoms with van der Waals surface area (Å²) in [6.45, 7) is 6.34. The fourth-order valence-electron chi connectivity index (χ4n) is 3.23. The van der Waals surface area contributed by atoms with Crippen LogP contribution in [0.5, 0.6) is 0 Å². The first-order chi connectivity index (χ1) is 12.9. The molecule has 1 aromatic heterocycles. The van der Waals surface area contributed by atoms with Crippen LogP contribution in [0.3, 0.4) is 0 Å². The molecule has 3 rings (SSSR count). The van der Waals surface area contributed by atoms with E-state index >= 15 is 0 Å². The van der Waals surface area contributed by atoms with Crippen molar-refractivity contribution in [2.24, 2.45) is 13.0 Å². The molecule has 0 bridgehead atoms. The van der Waals surface area contributed by atoms with E-state index in [1.54, 1.807) is 31.3 Å². The van der Waals surface area contributed by atoms with Crippen molar-refractivity contribution < 1.29 is 4.79 Å². The van der Waals surface area contributed by atoms with E-state index in [1.807, 2.05) is 6.92 Å². The number of benzene rings is 2. The van der Waals surface area contributed by atoms with Gasteiger partial charge in [-0.1, -0.05) is 56.3 Å². The second-order valence-electron chi connectivity index (χ2n) is 7.36. The molecule has 0 aliphatic rings. The number of rotatable bonds is 5. The monoisotopic (exact) mass is 363 g/mol. The van der Waals surface area contributed by atoms with Gasteiger partial charge in [-0.05, 0) is 36.5 Å².